The third-order valence-electron chi connectivity index (χ3n) is 5.60. The van der Waals surface area contributed by atoms with Crippen LogP contribution in [0.5, 0.6) is 0 Å². The second-order valence-corrected chi connectivity index (χ2v) is 7.03. The van der Waals surface area contributed by atoms with Crippen LogP contribution in [0.1, 0.15) is 47.5 Å². The SMILES string of the molecule is CCC(CC)NC(=O)C(C)N1CC2CNCC2C1(C)C. The summed E-state index contributed by atoms with van der Waals surface area (Å²) in [6, 6.07) is 0.285. The Hall–Kier alpha value is -0.610. The van der Waals surface area contributed by atoms with Gasteiger partial charge in [0.05, 0.1) is 6.04 Å². The first kappa shape index (κ1) is 15.8. The maximum atomic E-state index is 12.5. The van der Waals surface area contributed by atoms with E-state index in [9.17, 15) is 4.79 Å². The lowest BCUT2D eigenvalue weighted by molar-refractivity contribution is -0.128. The fourth-order valence-corrected chi connectivity index (χ4v) is 4.07. The Morgan fingerprint density at radius 2 is 2.00 bits per heavy atom. The van der Waals surface area contributed by atoms with Crippen LogP contribution in [0.15, 0.2) is 0 Å². The van der Waals surface area contributed by atoms with Gasteiger partial charge in [0.2, 0.25) is 5.91 Å². The average Bonchev–Trinajstić information content (AvgIpc) is 2.97. The minimum absolute atomic E-state index is 0.0313. The molecule has 0 spiro atoms. The molecule has 2 fully saturated rings. The smallest absolute Gasteiger partial charge is 0.237 e. The van der Waals surface area contributed by atoms with Gasteiger partial charge in [-0.3, -0.25) is 9.69 Å². The standard InChI is InChI=1S/C16H31N3O/c1-6-13(7-2)18-15(20)11(3)19-10-12-8-17-9-14(12)16(19,4)5/h11-14,17H,6-10H2,1-5H3,(H,18,20). The zero-order valence-corrected chi connectivity index (χ0v) is 13.7. The predicted octanol–water partition coefficient (Wildman–Crippen LogP) is 1.61. The molecule has 0 saturated carbocycles. The van der Waals surface area contributed by atoms with Gasteiger partial charge in [0.1, 0.15) is 0 Å². The molecule has 0 aromatic rings. The van der Waals surface area contributed by atoms with E-state index in [0.29, 0.717) is 17.9 Å². The van der Waals surface area contributed by atoms with E-state index in [2.05, 4.69) is 50.2 Å². The first-order chi connectivity index (χ1) is 9.41. The van der Waals surface area contributed by atoms with Gasteiger partial charge in [-0.1, -0.05) is 13.8 Å². The van der Waals surface area contributed by atoms with Crippen LogP contribution >= 0.6 is 0 Å². The minimum atomic E-state index is -0.0313. The maximum Gasteiger partial charge on any atom is 0.237 e. The van der Waals surface area contributed by atoms with Gasteiger partial charge in [-0.25, -0.2) is 0 Å². The number of hydrogen-bond acceptors (Lipinski definition) is 3. The molecule has 0 aliphatic carbocycles. The van der Waals surface area contributed by atoms with Crippen molar-refractivity contribution >= 4 is 5.91 Å². The molecule has 2 aliphatic heterocycles. The first-order valence-electron chi connectivity index (χ1n) is 8.19. The molecule has 0 radical (unpaired) electrons. The molecule has 0 aromatic heterocycles. The van der Waals surface area contributed by atoms with Crippen molar-refractivity contribution in [1.29, 1.82) is 0 Å². The highest BCUT2D eigenvalue weighted by Gasteiger charge is 2.51. The third-order valence-corrected chi connectivity index (χ3v) is 5.60. The average molecular weight is 281 g/mol. The van der Waals surface area contributed by atoms with Crippen molar-refractivity contribution in [2.24, 2.45) is 11.8 Å². The van der Waals surface area contributed by atoms with E-state index in [-0.39, 0.29) is 17.5 Å². The normalized spacial score (nSPS) is 30.5. The molecule has 3 atom stereocenters. The van der Waals surface area contributed by atoms with Crippen molar-refractivity contribution in [2.45, 2.75) is 65.1 Å². The lowest BCUT2D eigenvalue weighted by Crippen LogP contribution is -2.55. The fraction of sp³-hybridized carbons (Fsp3) is 0.938. The van der Waals surface area contributed by atoms with Gasteiger partial charge in [0.15, 0.2) is 0 Å². The first-order valence-corrected chi connectivity index (χ1v) is 8.19. The van der Waals surface area contributed by atoms with E-state index in [4.69, 9.17) is 0 Å². The molecule has 2 aliphatic rings. The molecular weight excluding hydrogens is 250 g/mol. The number of amides is 1. The van der Waals surface area contributed by atoms with Crippen molar-refractivity contribution in [3.8, 4) is 0 Å². The number of carbonyl (C=O) groups is 1. The van der Waals surface area contributed by atoms with Crippen LogP contribution < -0.4 is 10.6 Å². The number of likely N-dealkylation sites (tertiary alicyclic amines) is 1. The lowest BCUT2D eigenvalue weighted by atomic mass is 9.84. The van der Waals surface area contributed by atoms with Gasteiger partial charge in [0.25, 0.3) is 0 Å². The Kier molecular flexibility index (Phi) is 4.75. The highest BCUT2D eigenvalue weighted by molar-refractivity contribution is 5.81. The Labute approximate surface area is 123 Å². The summed E-state index contributed by atoms with van der Waals surface area (Å²) in [6.07, 6.45) is 2.01. The van der Waals surface area contributed by atoms with Crippen LogP contribution in [0.25, 0.3) is 0 Å². The molecule has 20 heavy (non-hydrogen) atoms. The summed E-state index contributed by atoms with van der Waals surface area (Å²) in [4.78, 5) is 14.9. The van der Waals surface area contributed by atoms with E-state index < -0.39 is 0 Å². The summed E-state index contributed by atoms with van der Waals surface area (Å²) in [5, 5.41) is 6.69. The van der Waals surface area contributed by atoms with Crippen LogP contribution in [-0.2, 0) is 4.79 Å². The van der Waals surface area contributed by atoms with Gasteiger partial charge in [0, 0.05) is 24.7 Å². The summed E-state index contributed by atoms with van der Waals surface area (Å²) in [6.45, 7) is 14.2. The Morgan fingerprint density at radius 1 is 1.35 bits per heavy atom. The van der Waals surface area contributed by atoms with Crippen molar-refractivity contribution in [3.63, 3.8) is 0 Å². The van der Waals surface area contributed by atoms with Crippen molar-refractivity contribution < 1.29 is 4.79 Å². The molecule has 3 unspecified atom stereocenters. The van der Waals surface area contributed by atoms with E-state index in [0.717, 1.165) is 32.5 Å². The molecule has 0 bridgehead atoms. The summed E-state index contributed by atoms with van der Waals surface area (Å²) in [5.74, 6) is 1.57. The molecule has 116 valence electrons. The van der Waals surface area contributed by atoms with E-state index in [1.54, 1.807) is 0 Å². The summed E-state index contributed by atoms with van der Waals surface area (Å²) in [7, 11) is 0. The predicted molar refractivity (Wildman–Crippen MR) is 82.6 cm³/mol. The van der Waals surface area contributed by atoms with Gasteiger partial charge in [-0.05, 0) is 52.0 Å². The molecular formula is C16H31N3O. The second-order valence-electron chi connectivity index (χ2n) is 7.03. The maximum absolute atomic E-state index is 12.5. The number of rotatable bonds is 5. The largest absolute Gasteiger partial charge is 0.352 e. The Bertz CT molecular complexity index is 352. The Balaban J connectivity index is 2.02. The molecule has 2 heterocycles. The van der Waals surface area contributed by atoms with Crippen molar-refractivity contribution in [1.82, 2.24) is 15.5 Å². The number of carbonyl (C=O) groups excluding carboxylic acids is 1. The summed E-state index contributed by atoms with van der Waals surface area (Å²) < 4.78 is 0. The molecule has 2 saturated heterocycles. The number of fused-ring (bicyclic) bond motifs is 1. The minimum Gasteiger partial charge on any atom is -0.352 e. The highest BCUT2D eigenvalue weighted by Crippen LogP contribution is 2.41. The molecule has 0 aromatic carbocycles. The van der Waals surface area contributed by atoms with Crippen LogP contribution in [0.4, 0.5) is 0 Å². The van der Waals surface area contributed by atoms with E-state index in [1.165, 1.54) is 0 Å². The molecule has 1 amide bonds. The van der Waals surface area contributed by atoms with Crippen LogP contribution in [0.2, 0.25) is 0 Å². The zero-order valence-electron chi connectivity index (χ0n) is 13.7. The molecule has 2 rings (SSSR count). The zero-order chi connectivity index (χ0) is 14.9. The number of nitrogens with one attached hydrogen (secondary N) is 2. The quantitative estimate of drug-likeness (QED) is 0.805. The molecule has 2 N–H and O–H groups in total. The van der Waals surface area contributed by atoms with Crippen molar-refractivity contribution in [2.75, 3.05) is 19.6 Å². The summed E-state index contributed by atoms with van der Waals surface area (Å²) >= 11 is 0. The molecule has 4 nitrogen and oxygen atoms in total. The molecule has 4 heteroatoms. The number of nitrogens with zero attached hydrogens (tertiary/aromatic N) is 1. The lowest BCUT2D eigenvalue weighted by Gasteiger charge is -2.39. The monoisotopic (exact) mass is 281 g/mol. The highest BCUT2D eigenvalue weighted by atomic mass is 16.2. The van der Waals surface area contributed by atoms with Gasteiger partial charge < -0.3 is 10.6 Å². The van der Waals surface area contributed by atoms with Gasteiger partial charge in [-0.15, -0.1) is 0 Å². The second kappa shape index (κ2) is 6.02. The van der Waals surface area contributed by atoms with Crippen molar-refractivity contribution in [3.05, 3.63) is 0 Å². The van der Waals surface area contributed by atoms with E-state index in [1.807, 2.05) is 0 Å². The summed E-state index contributed by atoms with van der Waals surface area (Å²) in [5.41, 5.74) is 0.110. The van der Waals surface area contributed by atoms with Gasteiger partial charge in [-0.2, -0.15) is 0 Å². The van der Waals surface area contributed by atoms with Crippen LogP contribution in [0, 0.1) is 11.8 Å². The fourth-order valence-electron chi connectivity index (χ4n) is 4.07. The van der Waals surface area contributed by atoms with Crippen LogP contribution in [0.3, 0.4) is 0 Å². The number of hydrogen-bond donors (Lipinski definition) is 2. The van der Waals surface area contributed by atoms with Gasteiger partial charge >= 0.3 is 0 Å². The topological polar surface area (TPSA) is 44.4 Å². The van der Waals surface area contributed by atoms with Crippen LogP contribution in [-0.4, -0.2) is 48.1 Å². The third kappa shape index (κ3) is 2.73. The van der Waals surface area contributed by atoms with E-state index >= 15 is 0 Å². The Morgan fingerprint density at radius 3 is 2.55 bits per heavy atom.